The zero-order valence-corrected chi connectivity index (χ0v) is 14.0. The minimum atomic E-state index is -0.323. The van der Waals surface area contributed by atoms with Crippen molar-refractivity contribution >= 4 is 0 Å². The molecule has 0 heterocycles. The van der Waals surface area contributed by atoms with Gasteiger partial charge < -0.3 is 10.2 Å². The summed E-state index contributed by atoms with van der Waals surface area (Å²) < 4.78 is 0. The number of aryl methyl sites for hydroxylation is 1. The first-order chi connectivity index (χ1) is 10.5. The van der Waals surface area contributed by atoms with Gasteiger partial charge in [-0.1, -0.05) is 75.4 Å². The third-order valence-corrected chi connectivity index (χ3v) is 3.71. The van der Waals surface area contributed by atoms with Gasteiger partial charge in [-0.3, -0.25) is 0 Å². The molecule has 2 aromatic rings. The van der Waals surface area contributed by atoms with Crippen molar-refractivity contribution in [3.05, 3.63) is 71.3 Å². The van der Waals surface area contributed by atoms with Crippen LogP contribution in [0.15, 0.2) is 54.6 Å². The number of hydrogen-bond donors (Lipinski definition) is 2. The lowest BCUT2D eigenvalue weighted by Crippen LogP contribution is -2.04. The van der Waals surface area contributed by atoms with Gasteiger partial charge in [-0.15, -0.1) is 0 Å². The van der Waals surface area contributed by atoms with E-state index >= 15 is 0 Å². The number of rotatable bonds is 4. The highest BCUT2D eigenvalue weighted by Crippen LogP contribution is 2.20. The monoisotopic (exact) mass is 300 g/mol. The van der Waals surface area contributed by atoms with Gasteiger partial charge in [0.1, 0.15) is 0 Å². The van der Waals surface area contributed by atoms with Crippen LogP contribution in [0, 0.1) is 12.8 Å². The minimum Gasteiger partial charge on any atom is -0.388 e. The van der Waals surface area contributed by atoms with Crippen molar-refractivity contribution in [3.63, 3.8) is 0 Å². The first-order valence-corrected chi connectivity index (χ1v) is 7.94. The van der Waals surface area contributed by atoms with E-state index in [2.05, 4.69) is 0 Å². The summed E-state index contributed by atoms with van der Waals surface area (Å²) in [5, 5.41) is 19.1. The second kappa shape index (κ2) is 9.39. The number of hydrogen-bond acceptors (Lipinski definition) is 2. The molecule has 2 heteroatoms. The maximum atomic E-state index is 9.60. The van der Waals surface area contributed by atoms with Crippen LogP contribution >= 0.6 is 0 Å². The fraction of sp³-hybridized carbons (Fsp3) is 0.400. The summed E-state index contributed by atoms with van der Waals surface area (Å²) >= 11 is 0. The van der Waals surface area contributed by atoms with Crippen LogP contribution in [0.25, 0.3) is 0 Å². The van der Waals surface area contributed by atoms with Crippen LogP contribution in [0.1, 0.15) is 56.1 Å². The molecule has 0 fully saturated rings. The highest BCUT2D eigenvalue weighted by molar-refractivity contribution is 5.27. The largest absolute Gasteiger partial charge is 0.388 e. The number of aliphatic hydroxyl groups is 2. The maximum absolute atomic E-state index is 9.60. The molecular formula is C20H28O2. The third-order valence-electron chi connectivity index (χ3n) is 3.71. The highest BCUT2D eigenvalue weighted by Gasteiger charge is 2.10. The summed E-state index contributed by atoms with van der Waals surface area (Å²) in [5.74, 6) is 0.289. The van der Waals surface area contributed by atoms with E-state index in [0.29, 0.717) is 0 Å². The van der Waals surface area contributed by atoms with Crippen molar-refractivity contribution in [1.82, 2.24) is 0 Å². The standard InChI is InChI=1S/2C10H14O/c1-8(2)10(11)9-6-4-3-5-7-9;1-3-10(11)9-7-5-4-6-8(9)2/h3-8,10-11H,1-2H3;4-7,10-11H,3H2,1-2H3. The fourth-order valence-corrected chi connectivity index (χ4v) is 2.22. The average Bonchev–Trinajstić information content (AvgIpc) is 2.55. The van der Waals surface area contributed by atoms with Gasteiger partial charge in [0.25, 0.3) is 0 Å². The van der Waals surface area contributed by atoms with Crippen molar-refractivity contribution in [1.29, 1.82) is 0 Å². The van der Waals surface area contributed by atoms with Crippen molar-refractivity contribution in [2.24, 2.45) is 5.92 Å². The van der Waals surface area contributed by atoms with Gasteiger partial charge in [0.2, 0.25) is 0 Å². The maximum Gasteiger partial charge on any atom is 0.0812 e. The zero-order chi connectivity index (χ0) is 16.5. The molecule has 0 saturated heterocycles. The molecular weight excluding hydrogens is 272 g/mol. The SMILES string of the molecule is CC(C)C(O)c1ccccc1.CCC(O)c1ccccc1C. The minimum absolute atomic E-state index is 0.289. The number of aliphatic hydroxyl groups excluding tert-OH is 2. The Balaban J connectivity index is 0.000000220. The Bertz CT molecular complexity index is 534. The van der Waals surface area contributed by atoms with E-state index in [4.69, 9.17) is 0 Å². The van der Waals surface area contributed by atoms with Crippen LogP contribution in [0.3, 0.4) is 0 Å². The van der Waals surface area contributed by atoms with Gasteiger partial charge in [0.05, 0.1) is 12.2 Å². The molecule has 0 bridgehead atoms. The van der Waals surface area contributed by atoms with Gasteiger partial charge in [0, 0.05) is 0 Å². The van der Waals surface area contributed by atoms with Gasteiger partial charge in [-0.25, -0.2) is 0 Å². The second-order valence-corrected chi connectivity index (χ2v) is 5.88. The van der Waals surface area contributed by atoms with Gasteiger partial charge in [-0.05, 0) is 36.0 Å². The van der Waals surface area contributed by atoms with E-state index in [1.54, 1.807) is 0 Å². The Hall–Kier alpha value is -1.64. The van der Waals surface area contributed by atoms with Gasteiger partial charge >= 0.3 is 0 Å². The van der Waals surface area contributed by atoms with Crippen LogP contribution in [0.5, 0.6) is 0 Å². The van der Waals surface area contributed by atoms with E-state index in [1.165, 1.54) is 5.56 Å². The van der Waals surface area contributed by atoms with Gasteiger partial charge in [0.15, 0.2) is 0 Å². The Kier molecular flexibility index (Phi) is 7.86. The molecule has 2 nitrogen and oxygen atoms in total. The lowest BCUT2D eigenvalue weighted by Gasteiger charge is -2.13. The molecule has 2 unspecified atom stereocenters. The summed E-state index contributed by atoms with van der Waals surface area (Å²) in [7, 11) is 0. The van der Waals surface area contributed by atoms with Gasteiger partial charge in [-0.2, -0.15) is 0 Å². The van der Waals surface area contributed by atoms with Crippen molar-refractivity contribution in [2.45, 2.75) is 46.3 Å². The summed E-state index contributed by atoms with van der Waals surface area (Å²) in [5.41, 5.74) is 3.22. The lowest BCUT2D eigenvalue weighted by atomic mass is 10.00. The third kappa shape index (κ3) is 5.63. The predicted octanol–water partition coefficient (Wildman–Crippen LogP) is 4.81. The van der Waals surface area contributed by atoms with E-state index in [9.17, 15) is 10.2 Å². The smallest absolute Gasteiger partial charge is 0.0812 e. The van der Waals surface area contributed by atoms with E-state index < -0.39 is 0 Å². The lowest BCUT2D eigenvalue weighted by molar-refractivity contribution is 0.127. The molecule has 2 aromatic carbocycles. The molecule has 0 amide bonds. The topological polar surface area (TPSA) is 40.5 Å². The quantitative estimate of drug-likeness (QED) is 0.850. The van der Waals surface area contributed by atoms with Crippen molar-refractivity contribution in [2.75, 3.05) is 0 Å². The highest BCUT2D eigenvalue weighted by atomic mass is 16.3. The Morgan fingerprint density at radius 2 is 1.41 bits per heavy atom. The number of benzene rings is 2. The van der Waals surface area contributed by atoms with Crippen LogP contribution in [-0.2, 0) is 0 Å². The molecule has 0 aliphatic heterocycles. The predicted molar refractivity (Wildman–Crippen MR) is 92.7 cm³/mol. The normalized spacial score (nSPS) is 13.2. The summed E-state index contributed by atoms with van der Waals surface area (Å²) in [6.07, 6.45) is 0.164. The molecule has 0 aliphatic rings. The Morgan fingerprint density at radius 3 is 1.91 bits per heavy atom. The van der Waals surface area contributed by atoms with Crippen LogP contribution in [0.2, 0.25) is 0 Å². The van der Waals surface area contributed by atoms with Crippen LogP contribution in [-0.4, -0.2) is 10.2 Å². The van der Waals surface area contributed by atoms with E-state index in [-0.39, 0.29) is 18.1 Å². The molecule has 2 rings (SSSR count). The molecule has 0 spiro atoms. The molecule has 22 heavy (non-hydrogen) atoms. The van der Waals surface area contributed by atoms with Crippen molar-refractivity contribution < 1.29 is 10.2 Å². The van der Waals surface area contributed by atoms with E-state index in [0.717, 1.165) is 17.5 Å². The summed E-state index contributed by atoms with van der Waals surface area (Å²) in [6.45, 7) is 8.03. The Morgan fingerprint density at radius 1 is 0.864 bits per heavy atom. The zero-order valence-electron chi connectivity index (χ0n) is 14.0. The molecule has 0 aromatic heterocycles. The van der Waals surface area contributed by atoms with E-state index in [1.807, 2.05) is 82.3 Å². The summed E-state index contributed by atoms with van der Waals surface area (Å²) in [4.78, 5) is 0. The molecule has 0 aliphatic carbocycles. The molecule has 2 atom stereocenters. The van der Waals surface area contributed by atoms with Crippen LogP contribution in [0.4, 0.5) is 0 Å². The molecule has 0 radical (unpaired) electrons. The fourth-order valence-electron chi connectivity index (χ4n) is 2.22. The molecule has 2 N–H and O–H groups in total. The first-order valence-electron chi connectivity index (χ1n) is 7.94. The second-order valence-electron chi connectivity index (χ2n) is 5.88. The molecule has 0 saturated carbocycles. The average molecular weight is 300 g/mol. The molecule has 120 valence electrons. The first kappa shape index (κ1) is 18.4. The van der Waals surface area contributed by atoms with Crippen molar-refractivity contribution in [3.8, 4) is 0 Å². The summed E-state index contributed by atoms with van der Waals surface area (Å²) in [6, 6.07) is 17.7. The van der Waals surface area contributed by atoms with Crippen LogP contribution < -0.4 is 0 Å². The Labute approximate surface area is 134 Å².